The van der Waals surface area contributed by atoms with E-state index in [1.165, 1.54) is 18.3 Å². The number of hydrogen-bond acceptors (Lipinski definition) is 2. The lowest BCUT2D eigenvalue weighted by Gasteiger charge is -2.35. The van der Waals surface area contributed by atoms with Crippen molar-refractivity contribution in [3.63, 3.8) is 0 Å². The minimum absolute atomic E-state index is 0.0909. The summed E-state index contributed by atoms with van der Waals surface area (Å²) >= 11 is 0. The van der Waals surface area contributed by atoms with Crippen molar-refractivity contribution in [3.05, 3.63) is 41.8 Å². The Balaban J connectivity index is 1.91. The van der Waals surface area contributed by atoms with E-state index in [0.29, 0.717) is 18.5 Å². The number of nitrogens with zero attached hydrogens (tertiary/aromatic N) is 1. The third-order valence-electron chi connectivity index (χ3n) is 3.68. The largest absolute Gasteiger partial charge is 0.396 e. The van der Waals surface area contributed by atoms with Crippen molar-refractivity contribution in [1.82, 2.24) is 10.2 Å². The van der Waals surface area contributed by atoms with Gasteiger partial charge in [-0.05, 0) is 49.5 Å². The fourth-order valence-electron chi connectivity index (χ4n) is 2.62. The van der Waals surface area contributed by atoms with E-state index in [0.717, 1.165) is 19.3 Å². The highest BCUT2D eigenvalue weighted by Crippen LogP contribution is 2.19. The monoisotopic (exact) mass is 292 g/mol. The van der Waals surface area contributed by atoms with Gasteiger partial charge in [-0.3, -0.25) is 0 Å². The molecular weight excluding hydrogens is 271 g/mol. The molecule has 1 aliphatic heterocycles. The van der Waals surface area contributed by atoms with Gasteiger partial charge >= 0.3 is 6.03 Å². The van der Waals surface area contributed by atoms with Crippen LogP contribution in [0.4, 0.5) is 9.18 Å². The molecule has 2 N–H and O–H groups in total. The van der Waals surface area contributed by atoms with Gasteiger partial charge in [0, 0.05) is 25.4 Å². The lowest BCUT2D eigenvalue weighted by molar-refractivity contribution is 0.134. The number of likely N-dealkylation sites (tertiary alicyclic amines) is 1. The van der Waals surface area contributed by atoms with Gasteiger partial charge in [-0.1, -0.05) is 12.1 Å². The van der Waals surface area contributed by atoms with Crippen LogP contribution in [0.3, 0.4) is 0 Å². The van der Waals surface area contributed by atoms with E-state index >= 15 is 0 Å². The number of hydrogen-bond donors (Lipinski definition) is 2. The second kappa shape index (κ2) is 7.78. The molecule has 0 aliphatic carbocycles. The van der Waals surface area contributed by atoms with Gasteiger partial charge in [0.2, 0.25) is 0 Å². The zero-order chi connectivity index (χ0) is 15.1. The average molecular weight is 292 g/mol. The molecule has 1 unspecified atom stereocenters. The highest BCUT2D eigenvalue weighted by Gasteiger charge is 2.25. The topological polar surface area (TPSA) is 52.6 Å². The Labute approximate surface area is 124 Å². The molecule has 1 aromatic rings. The van der Waals surface area contributed by atoms with Crippen LogP contribution in [0.25, 0.3) is 6.08 Å². The number of nitrogens with one attached hydrogen (secondary N) is 1. The van der Waals surface area contributed by atoms with Crippen LogP contribution in [0, 0.1) is 5.82 Å². The van der Waals surface area contributed by atoms with E-state index < -0.39 is 0 Å². The van der Waals surface area contributed by atoms with Gasteiger partial charge in [0.15, 0.2) is 0 Å². The molecule has 4 nitrogen and oxygen atoms in total. The molecule has 1 aliphatic rings. The summed E-state index contributed by atoms with van der Waals surface area (Å²) in [5, 5.41) is 11.8. The third kappa shape index (κ3) is 4.56. The minimum Gasteiger partial charge on any atom is -0.396 e. The molecule has 1 atom stereocenters. The number of piperidine rings is 1. The summed E-state index contributed by atoms with van der Waals surface area (Å²) < 4.78 is 13.0. The molecule has 114 valence electrons. The summed E-state index contributed by atoms with van der Waals surface area (Å²) in [6.07, 6.45) is 6.81. The Hall–Kier alpha value is -1.88. The first-order valence-corrected chi connectivity index (χ1v) is 7.31. The highest BCUT2D eigenvalue weighted by molar-refractivity contribution is 5.76. The van der Waals surface area contributed by atoms with E-state index in [1.54, 1.807) is 23.1 Å². The molecule has 0 saturated carbocycles. The van der Waals surface area contributed by atoms with Crippen molar-refractivity contribution < 1.29 is 14.3 Å². The second-order valence-electron chi connectivity index (χ2n) is 5.19. The first-order chi connectivity index (χ1) is 10.2. The minimum atomic E-state index is -0.303. The van der Waals surface area contributed by atoms with Crippen LogP contribution < -0.4 is 5.32 Å². The number of aliphatic hydroxyl groups excluding tert-OH is 1. The van der Waals surface area contributed by atoms with Crippen molar-refractivity contribution in [2.75, 3.05) is 13.2 Å². The lowest BCUT2D eigenvalue weighted by Crippen LogP contribution is -2.47. The Bertz CT molecular complexity index is 503. The smallest absolute Gasteiger partial charge is 0.321 e. The highest BCUT2D eigenvalue weighted by atomic mass is 19.1. The van der Waals surface area contributed by atoms with Crippen molar-refractivity contribution in [3.8, 4) is 0 Å². The number of urea groups is 1. The Morgan fingerprint density at radius 3 is 3.10 bits per heavy atom. The molecule has 1 aromatic carbocycles. The number of aliphatic hydroxyl groups is 1. The summed E-state index contributed by atoms with van der Waals surface area (Å²) in [5.41, 5.74) is 0.695. The van der Waals surface area contributed by atoms with Crippen LogP contribution in [-0.4, -0.2) is 35.2 Å². The Kier molecular flexibility index (Phi) is 5.75. The van der Waals surface area contributed by atoms with Gasteiger partial charge in [-0.2, -0.15) is 0 Å². The van der Waals surface area contributed by atoms with Crippen LogP contribution >= 0.6 is 0 Å². The van der Waals surface area contributed by atoms with E-state index in [2.05, 4.69) is 5.32 Å². The van der Waals surface area contributed by atoms with Crippen LogP contribution in [-0.2, 0) is 0 Å². The van der Waals surface area contributed by atoms with E-state index in [-0.39, 0.29) is 24.5 Å². The summed E-state index contributed by atoms with van der Waals surface area (Å²) in [4.78, 5) is 13.9. The zero-order valence-corrected chi connectivity index (χ0v) is 12.0. The molecule has 1 fully saturated rings. The van der Waals surface area contributed by atoms with Gasteiger partial charge in [-0.15, -0.1) is 0 Å². The summed E-state index contributed by atoms with van der Waals surface area (Å²) in [5.74, 6) is -0.303. The van der Waals surface area contributed by atoms with E-state index in [1.807, 2.05) is 0 Å². The molecule has 1 heterocycles. The van der Waals surface area contributed by atoms with Crippen molar-refractivity contribution in [2.24, 2.45) is 0 Å². The lowest BCUT2D eigenvalue weighted by atomic mass is 10.0. The normalized spacial score (nSPS) is 19.0. The third-order valence-corrected chi connectivity index (χ3v) is 3.68. The molecule has 2 amide bonds. The predicted octanol–water partition coefficient (Wildman–Crippen LogP) is 2.74. The Morgan fingerprint density at radius 2 is 2.33 bits per heavy atom. The maximum Gasteiger partial charge on any atom is 0.321 e. The number of carbonyl (C=O) groups excluding carboxylic acids is 1. The van der Waals surface area contributed by atoms with Gasteiger partial charge in [0.05, 0.1) is 0 Å². The molecule has 0 bridgehead atoms. The predicted molar refractivity (Wildman–Crippen MR) is 80.0 cm³/mol. The van der Waals surface area contributed by atoms with Crippen LogP contribution in [0.2, 0.25) is 0 Å². The maximum absolute atomic E-state index is 13.0. The molecule has 0 radical (unpaired) electrons. The quantitative estimate of drug-likeness (QED) is 0.896. The van der Waals surface area contributed by atoms with Gasteiger partial charge in [-0.25, -0.2) is 9.18 Å². The van der Waals surface area contributed by atoms with Gasteiger partial charge in [0.25, 0.3) is 0 Å². The first kappa shape index (κ1) is 15.5. The molecule has 21 heavy (non-hydrogen) atoms. The fraction of sp³-hybridized carbons (Fsp3) is 0.438. The average Bonchev–Trinajstić information content (AvgIpc) is 2.48. The van der Waals surface area contributed by atoms with Crippen molar-refractivity contribution >= 4 is 12.1 Å². The van der Waals surface area contributed by atoms with Crippen molar-refractivity contribution in [2.45, 2.75) is 31.7 Å². The molecule has 2 rings (SSSR count). The molecule has 0 spiro atoms. The maximum atomic E-state index is 13.0. The summed E-state index contributed by atoms with van der Waals surface area (Å²) in [6, 6.07) is 6.11. The van der Waals surface area contributed by atoms with E-state index in [4.69, 9.17) is 5.11 Å². The standard InChI is InChI=1S/C16H21FN2O2/c17-14-5-3-4-13(12-14)7-9-18-16(21)19-10-2-1-6-15(19)8-11-20/h3-5,7,9,12,15,20H,1-2,6,8,10-11H2,(H,18,21)/b9-7+. The molecule has 0 aromatic heterocycles. The number of rotatable bonds is 4. The summed E-state index contributed by atoms with van der Waals surface area (Å²) in [7, 11) is 0. The fourth-order valence-corrected chi connectivity index (χ4v) is 2.62. The van der Waals surface area contributed by atoms with Crippen LogP contribution in [0.15, 0.2) is 30.5 Å². The number of benzene rings is 1. The SMILES string of the molecule is O=C(N/C=C/c1cccc(F)c1)N1CCCCC1CCO. The van der Waals surface area contributed by atoms with Gasteiger partial charge < -0.3 is 15.3 Å². The molecular formula is C16H21FN2O2. The Morgan fingerprint density at radius 1 is 1.48 bits per heavy atom. The van der Waals surface area contributed by atoms with Gasteiger partial charge in [0.1, 0.15) is 5.82 Å². The number of halogens is 1. The van der Waals surface area contributed by atoms with Crippen LogP contribution in [0.1, 0.15) is 31.2 Å². The van der Waals surface area contributed by atoms with Crippen molar-refractivity contribution in [1.29, 1.82) is 0 Å². The summed E-state index contributed by atoms with van der Waals surface area (Å²) in [6.45, 7) is 0.803. The molecule has 5 heteroatoms. The van der Waals surface area contributed by atoms with Crippen LogP contribution in [0.5, 0.6) is 0 Å². The number of carbonyl (C=O) groups is 1. The van der Waals surface area contributed by atoms with E-state index in [9.17, 15) is 9.18 Å². The molecule has 1 saturated heterocycles. The first-order valence-electron chi connectivity index (χ1n) is 7.31. The zero-order valence-electron chi connectivity index (χ0n) is 12.0. The number of amides is 2. The second-order valence-corrected chi connectivity index (χ2v) is 5.19.